The van der Waals surface area contributed by atoms with Crippen LogP contribution in [0.5, 0.6) is 0 Å². The van der Waals surface area contributed by atoms with Gasteiger partial charge >= 0.3 is 0 Å². The topological polar surface area (TPSA) is 54.6 Å². The minimum Gasteiger partial charge on any atom is -0.463 e. The fourth-order valence-corrected chi connectivity index (χ4v) is 1.87. The Morgan fingerprint density at radius 1 is 1.00 bits per heavy atom. The van der Waals surface area contributed by atoms with Crippen LogP contribution in [0, 0.1) is 0 Å². The second-order valence-electron chi connectivity index (χ2n) is 4.25. The standard InChI is InChI=1S/C16H12N2O2/c19-16-12(10-17-18-13-6-2-1-3-7-13)11-20-15-9-5-4-8-14(15)16/h1-11,18H. The smallest absolute Gasteiger partial charge is 0.201 e. The van der Waals surface area contributed by atoms with Crippen molar-refractivity contribution < 1.29 is 4.42 Å². The van der Waals surface area contributed by atoms with Crippen molar-refractivity contribution in [2.45, 2.75) is 0 Å². The monoisotopic (exact) mass is 264 g/mol. The average Bonchev–Trinajstić information content (AvgIpc) is 2.51. The maximum absolute atomic E-state index is 12.2. The molecule has 4 heteroatoms. The lowest BCUT2D eigenvalue weighted by Gasteiger charge is -1.99. The number of hydrogen-bond acceptors (Lipinski definition) is 4. The molecule has 0 fully saturated rings. The van der Waals surface area contributed by atoms with E-state index < -0.39 is 0 Å². The predicted molar refractivity (Wildman–Crippen MR) is 80.1 cm³/mol. The normalized spacial score (nSPS) is 11.0. The van der Waals surface area contributed by atoms with E-state index in [1.807, 2.05) is 42.5 Å². The molecule has 98 valence electrons. The molecule has 0 spiro atoms. The third-order valence-electron chi connectivity index (χ3n) is 2.88. The molecular formula is C16H12N2O2. The molecule has 0 atom stereocenters. The Bertz CT molecular complexity index is 807. The molecule has 0 aliphatic heterocycles. The summed E-state index contributed by atoms with van der Waals surface area (Å²) in [5.74, 6) is 0. The van der Waals surface area contributed by atoms with Crippen LogP contribution in [-0.4, -0.2) is 6.21 Å². The predicted octanol–water partition coefficient (Wildman–Crippen LogP) is 3.24. The first-order valence-corrected chi connectivity index (χ1v) is 6.19. The fraction of sp³-hybridized carbons (Fsp3) is 0. The number of para-hydroxylation sites is 2. The van der Waals surface area contributed by atoms with Gasteiger partial charge in [-0.2, -0.15) is 5.10 Å². The van der Waals surface area contributed by atoms with Crippen LogP contribution in [-0.2, 0) is 0 Å². The number of rotatable bonds is 3. The number of hydrogen-bond donors (Lipinski definition) is 1. The van der Waals surface area contributed by atoms with Gasteiger partial charge in [-0.25, -0.2) is 0 Å². The molecule has 0 amide bonds. The Morgan fingerprint density at radius 3 is 2.60 bits per heavy atom. The van der Waals surface area contributed by atoms with E-state index in [-0.39, 0.29) is 5.43 Å². The van der Waals surface area contributed by atoms with Crippen molar-refractivity contribution in [1.82, 2.24) is 0 Å². The van der Waals surface area contributed by atoms with Crippen LogP contribution in [0.4, 0.5) is 5.69 Å². The Morgan fingerprint density at radius 2 is 1.75 bits per heavy atom. The van der Waals surface area contributed by atoms with Crippen molar-refractivity contribution >= 4 is 22.9 Å². The molecule has 0 bridgehead atoms. The van der Waals surface area contributed by atoms with Crippen molar-refractivity contribution in [1.29, 1.82) is 0 Å². The first-order valence-electron chi connectivity index (χ1n) is 6.19. The van der Waals surface area contributed by atoms with Gasteiger partial charge < -0.3 is 4.42 Å². The van der Waals surface area contributed by atoms with Gasteiger partial charge in [-0.15, -0.1) is 0 Å². The lowest BCUT2D eigenvalue weighted by molar-refractivity contribution is 0.601. The maximum Gasteiger partial charge on any atom is 0.201 e. The third kappa shape index (κ3) is 2.44. The molecule has 1 N–H and O–H groups in total. The minimum absolute atomic E-state index is 0.0922. The molecule has 0 radical (unpaired) electrons. The summed E-state index contributed by atoms with van der Waals surface area (Å²) in [4.78, 5) is 12.2. The quantitative estimate of drug-likeness (QED) is 0.583. The molecular weight excluding hydrogens is 252 g/mol. The lowest BCUT2D eigenvalue weighted by atomic mass is 10.2. The molecule has 4 nitrogen and oxygen atoms in total. The Labute approximate surface area is 115 Å². The van der Waals surface area contributed by atoms with Gasteiger partial charge in [0.2, 0.25) is 5.43 Å². The summed E-state index contributed by atoms with van der Waals surface area (Å²) in [5.41, 5.74) is 4.60. The second-order valence-corrected chi connectivity index (χ2v) is 4.25. The summed E-state index contributed by atoms with van der Waals surface area (Å²) >= 11 is 0. The lowest BCUT2D eigenvalue weighted by Crippen LogP contribution is -2.08. The van der Waals surface area contributed by atoms with Gasteiger partial charge in [-0.3, -0.25) is 10.2 Å². The van der Waals surface area contributed by atoms with Gasteiger partial charge in [0, 0.05) is 0 Å². The molecule has 1 aromatic heterocycles. The van der Waals surface area contributed by atoms with E-state index in [1.165, 1.54) is 12.5 Å². The van der Waals surface area contributed by atoms with Crippen molar-refractivity contribution in [3.63, 3.8) is 0 Å². The summed E-state index contributed by atoms with van der Waals surface area (Å²) in [6.45, 7) is 0. The van der Waals surface area contributed by atoms with E-state index in [0.717, 1.165) is 5.69 Å². The van der Waals surface area contributed by atoms with E-state index in [0.29, 0.717) is 16.5 Å². The Balaban J connectivity index is 1.88. The third-order valence-corrected chi connectivity index (χ3v) is 2.88. The van der Waals surface area contributed by atoms with Gasteiger partial charge in [0.05, 0.1) is 22.9 Å². The second kappa shape index (κ2) is 5.40. The largest absolute Gasteiger partial charge is 0.463 e. The number of fused-ring (bicyclic) bond motifs is 1. The molecule has 0 saturated carbocycles. The zero-order valence-electron chi connectivity index (χ0n) is 10.6. The average molecular weight is 264 g/mol. The molecule has 2 aromatic carbocycles. The highest BCUT2D eigenvalue weighted by Gasteiger charge is 2.03. The zero-order chi connectivity index (χ0) is 13.8. The Kier molecular flexibility index (Phi) is 3.29. The van der Waals surface area contributed by atoms with Crippen LogP contribution in [0.25, 0.3) is 11.0 Å². The molecule has 20 heavy (non-hydrogen) atoms. The van der Waals surface area contributed by atoms with Crippen LogP contribution in [0.2, 0.25) is 0 Å². The number of hydrazone groups is 1. The van der Waals surface area contributed by atoms with Crippen LogP contribution in [0.1, 0.15) is 5.56 Å². The van der Waals surface area contributed by atoms with Crippen molar-refractivity contribution in [2.75, 3.05) is 5.43 Å². The first kappa shape index (κ1) is 12.2. The number of nitrogens with one attached hydrogen (secondary N) is 1. The van der Waals surface area contributed by atoms with Gasteiger partial charge in [0.25, 0.3) is 0 Å². The van der Waals surface area contributed by atoms with Gasteiger partial charge in [-0.05, 0) is 24.3 Å². The molecule has 3 rings (SSSR count). The summed E-state index contributed by atoms with van der Waals surface area (Å²) in [7, 11) is 0. The SMILES string of the molecule is O=c1c(C=NNc2ccccc2)coc2ccccc12. The first-order chi connectivity index (χ1) is 9.84. The van der Waals surface area contributed by atoms with Crippen LogP contribution < -0.4 is 10.9 Å². The van der Waals surface area contributed by atoms with E-state index in [2.05, 4.69) is 10.5 Å². The van der Waals surface area contributed by atoms with Crippen molar-refractivity contribution in [3.05, 3.63) is 76.6 Å². The zero-order valence-corrected chi connectivity index (χ0v) is 10.6. The van der Waals surface area contributed by atoms with Gasteiger partial charge in [0.1, 0.15) is 11.8 Å². The number of benzene rings is 2. The summed E-state index contributed by atoms with van der Waals surface area (Å²) in [5, 5.41) is 4.60. The number of anilines is 1. The number of nitrogens with zero attached hydrogens (tertiary/aromatic N) is 1. The molecule has 0 aliphatic rings. The van der Waals surface area contributed by atoms with Crippen LogP contribution in [0.3, 0.4) is 0 Å². The van der Waals surface area contributed by atoms with Crippen molar-refractivity contribution in [2.24, 2.45) is 5.10 Å². The highest BCUT2D eigenvalue weighted by molar-refractivity contribution is 5.86. The van der Waals surface area contributed by atoms with Gasteiger partial charge in [-0.1, -0.05) is 30.3 Å². The maximum atomic E-state index is 12.2. The highest BCUT2D eigenvalue weighted by atomic mass is 16.3. The van der Waals surface area contributed by atoms with Crippen molar-refractivity contribution in [3.8, 4) is 0 Å². The summed E-state index contributed by atoms with van der Waals surface area (Å²) in [6.07, 6.45) is 2.88. The van der Waals surface area contributed by atoms with E-state index in [9.17, 15) is 4.79 Å². The molecule has 3 aromatic rings. The van der Waals surface area contributed by atoms with E-state index in [4.69, 9.17) is 4.42 Å². The Hall–Kier alpha value is -2.88. The van der Waals surface area contributed by atoms with E-state index in [1.54, 1.807) is 12.1 Å². The minimum atomic E-state index is -0.0922. The van der Waals surface area contributed by atoms with Crippen LogP contribution >= 0.6 is 0 Å². The van der Waals surface area contributed by atoms with Gasteiger partial charge in [0.15, 0.2) is 0 Å². The van der Waals surface area contributed by atoms with E-state index >= 15 is 0 Å². The van der Waals surface area contributed by atoms with Crippen LogP contribution in [0.15, 0.2) is 75.2 Å². The molecule has 0 unspecified atom stereocenters. The summed E-state index contributed by atoms with van der Waals surface area (Å²) in [6, 6.07) is 16.7. The molecule has 0 saturated heterocycles. The fourth-order valence-electron chi connectivity index (χ4n) is 1.87. The highest BCUT2D eigenvalue weighted by Crippen LogP contribution is 2.09. The molecule has 0 aliphatic carbocycles. The molecule has 1 heterocycles. The summed E-state index contributed by atoms with van der Waals surface area (Å²) < 4.78 is 5.41.